The first-order valence-corrected chi connectivity index (χ1v) is 9.45. The van der Waals surface area contributed by atoms with E-state index in [0.717, 1.165) is 46.3 Å². The predicted octanol–water partition coefficient (Wildman–Crippen LogP) is 3.27. The third kappa shape index (κ3) is 2.82. The Labute approximate surface area is 161 Å². The van der Waals surface area contributed by atoms with Crippen LogP contribution in [0.2, 0.25) is 5.02 Å². The zero-order chi connectivity index (χ0) is 18.5. The number of nitrogens with zero attached hydrogens (tertiary/aromatic N) is 4. The molecule has 27 heavy (non-hydrogen) atoms. The number of hydrogen-bond donors (Lipinski definition) is 2. The molecule has 1 fully saturated rings. The zero-order valence-electron chi connectivity index (χ0n) is 15.2. The monoisotopic (exact) mass is 384 g/mol. The van der Waals surface area contributed by atoms with Gasteiger partial charge in [-0.1, -0.05) is 11.6 Å². The maximum Gasteiger partial charge on any atom is 0.131 e. The SMILES string of the molecule is COC1CC(n2c(CN3C=C(C)NN3)nc3cnc4ccc(Cl)cc4c32)C1. The molecule has 2 N–H and O–H groups in total. The molecule has 7 nitrogen and oxygen atoms in total. The van der Waals surface area contributed by atoms with Crippen LogP contribution in [0.15, 0.2) is 36.3 Å². The first kappa shape index (κ1) is 16.8. The lowest BCUT2D eigenvalue weighted by atomic mass is 9.88. The average molecular weight is 385 g/mol. The molecule has 0 amide bonds. The molecule has 2 aliphatic rings. The molecule has 1 aromatic carbocycles. The van der Waals surface area contributed by atoms with Gasteiger partial charge in [-0.3, -0.25) is 9.99 Å². The molecule has 0 atom stereocenters. The van der Waals surface area contributed by atoms with Crippen LogP contribution in [-0.2, 0) is 11.3 Å². The molecule has 1 aliphatic carbocycles. The largest absolute Gasteiger partial charge is 0.381 e. The van der Waals surface area contributed by atoms with E-state index in [-0.39, 0.29) is 0 Å². The summed E-state index contributed by atoms with van der Waals surface area (Å²) in [5, 5.41) is 3.75. The van der Waals surface area contributed by atoms with Gasteiger partial charge in [0.05, 0.1) is 29.9 Å². The van der Waals surface area contributed by atoms with Crippen molar-refractivity contribution in [3.63, 3.8) is 0 Å². The van der Waals surface area contributed by atoms with Crippen LogP contribution in [0, 0.1) is 0 Å². The van der Waals surface area contributed by atoms with Crippen molar-refractivity contribution in [3.8, 4) is 0 Å². The number of imidazole rings is 1. The van der Waals surface area contributed by atoms with E-state index in [1.165, 1.54) is 0 Å². The highest BCUT2D eigenvalue weighted by Crippen LogP contribution is 2.39. The van der Waals surface area contributed by atoms with Gasteiger partial charge in [-0.2, -0.15) is 0 Å². The van der Waals surface area contributed by atoms with Gasteiger partial charge in [0.1, 0.15) is 11.3 Å². The quantitative estimate of drug-likeness (QED) is 0.719. The summed E-state index contributed by atoms with van der Waals surface area (Å²) in [7, 11) is 1.78. The maximum absolute atomic E-state index is 6.29. The summed E-state index contributed by atoms with van der Waals surface area (Å²) in [5.74, 6) is 0.999. The molecule has 8 heteroatoms. The lowest BCUT2D eigenvalue weighted by Crippen LogP contribution is -2.38. The van der Waals surface area contributed by atoms with E-state index in [1.54, 1.807) is 7.11 Å². The van der Waals surface area contributed by atoms with Gasteiger partial charge in [-0.15, -0.1) is 5.53 Å². The van der Waals surface area contributed by atoms with Crippen molar-refractivity contribution in [1.82, 2.24) is 30.5 Å². The standard InChI is InChI=1S/C19H21ClN6O/c1-11-9-25(24-23-11)10-18-22-17-8-21-16-4-3-12(20)5-15(16)19(17)26(18)13-6-14(7-13)27-2/h3-5,8-9,13-14,23-24H,6-7,10H2,1-2H3. The van der Waals surface area contributed by atoms with Gasteiger partial charge in [0.25, 0.3) is 0 Å². The topological polar surface area (TPSA) is 67.2 Å². The fourth-order valence-electron chi connectivity index (χ4n) is 3.94. The van der Waals surface area contributed by atoms with Crippen LogP contribution in [0.3, 0.4) is 0 Å². The number of halogens is 1. The second-order valence-electron chi connectivity index (χ2n) is 7.21. The van der Waals surface area contributed by atoms with Crippen LogP contribution in [0.4, 0.5) is 0 Å². The van der Waals surface area contributed by atoms with Crippen molar-refractivity contribution in [1.29, 1.82) is 0 Å². The van der Waals surface area contributed by atoms with E-state index >= 15 is 0 Å². The van der Waals surface area contributed by atoms with Crippen molar-refractivity contribution in [2.75, 3.05) is 7.11 Å². The maximum atomic E-state index is 6.29. The summed E-state index contributed by atoms with van der Waals surface area (Å²) in [6, 6.07) is 6.19. The zero-order valence-corrected chi connectivity index (χ0v) is 16.0. The molecule has 0 saturated heterocycles. The van der Waals surface area contributed by atoms with E-state index in [0.29, 0.717) is 23.7 Å². The Balaban J connectivity index is 1.67. The highest BCUT2D eigenvalue weighted by Gasteiger charge is 2.34. The van der Waals surface area contributed by atoms with Crippen molar-refractivity contribution in [3.05, 3.63) is 47.1 Å². The Kier molecular flexibility index (Phi) is 3.96. The van der Waals surface area contributed by atoms with Gasteiger partial charge in [0, 0.05) is 35.5 Å². The summed E-state index contributed by atoms with van der Waals surface area (Å²) < 4.78 is 7.87. The lowest BCUT2D eigenvalue weighted by molar-refractivity contribution is 0.00608. The first-order valence-electron chi connectivity index (χ1n) is 9.07. The molecule has 140 valence electrons. The summed E-state index contributed by atoms with van der Waals surface area (Å²) in [6.45, 7) is 2.67. The number of nitrogens with one attached hydrogen (secondary N) is 2. The Hall–Kier alpha value is -2.35. The van der Waals surface area contributed by atoms with E-state index in [9.17, 15) is 0 Å². The second-order valence-corrected chi connectivity index (χ2v) is 7.65. The minimum Gasteiger partial charge on any atom is -0.381 e. The van der Waals surface area contributed by atoms with Crippen LogP contribution < -0.4 is 11.0 Å². The Morgan fingerprint density at radius 3 is 2.89 bits per heavy atom. The summed E-state index contributed by atoms with van der Waals surface area (Å²) in [5.41, 5.74) is 10.2. The van der Waals surface area contributed by atoms with Crippen LogP contribution in [-0.4, -0.2) is 32.8 Å². The minimum absolute atomic E-state index is 0.311. The van der Waals surface area contributed by atoms with Gasteiger partial charge in [-0.05, 0) is 38.0 Å². The number of fused-ring (bicyclic) bond motifs is 3. The van der Waals surface area contributed by atoms with E-state index in [4.69, 9.17) is 21.3 Å². The third-order valence-corrected chi connectivity index (χ3v) is 5.61. The van der Waals surface area contributed by atoms with E-state index in [2.05, 4.69) is 20.5 Å². The molecule has 2 aromatic heterocycles. The molecule has 0 unspecified atom stereocenters. The average Bonchev–Trinajstić information content (AvgIpc) is 3.18. The number of allylic oxidation sites excluding steroid dienone is 1. The molecule has 0 radical (unpaired) electrons. The number of ether oxygens (including phenoxy) is 1. The number of hydrogen-bond acceptors (Lipinski definition) is 6. The van der Waals surface area contributed by atoms with Crippen LogP contribution in [0.25, 0.3) is 21.9 Å². The molecule has 5 rings (SSSR count). The third-order valence-electron chi connectivity index (χ3n) is 5.38. The van der Waals surface area contributed by atoms with Crippen LogP contribution in [0.5, 0.6) is 0 Å². The second kappa shape index (κ2) is 6.37. The number of pyridine rings is 1. The number of rotatable bonds is 4. The molecular formula is C19H21ClN6O. The lowest BCUT2D eigenvalue weighted by Gasteiger charge is -2.36. The predicted molar refractivity (Wildman–Crippen MR) is 105 cm³/mol. The minimum atomic E-state index is 0.311. The Morgan fingerprint density at radius 2 is 2.15 bits per heavy atom. The summed E-state index contributed by atoms with van der Waals surface area (Å²) in [6.07, 6.45) is 6.18. The molecule has 3 heterocycles. The van der Waals surface area contributed by atoms with Crippen molar-refractivity contribution in [2.24, 2.45) is 0 Å². The Morgan fingerprint density at radius 1 is 1.30 bits per heavy atom. The van der Waals surface area contributed by atoms with Gasteiger partial charge < -0.3 is 14.7 Å². The highest BCUT2D eigenvalue weighted by atomic mass is 35.5. The number of aromatic nitrogens is 3. The molecular weight excluding hydrogens is 364 g/mol. The van der Waals surface area contributed by atoms with E-state index < -0.39 is 0 Å². The molecule has 1 saturated carbocycles. The van der Waals surface area contributed by atoms with Gasteiger partial charge >= 0.3 is 0 Å². The summed E-state index contributed by atoms with van der Waals surface area (Å²) in [4.78, 5) is 9.48. The van der Waals surface area contributed by atoms with Gasteiger partial charge in [0.2, 0.25) is 0 Å². The van der Waals surface area contributed by atoms with Gasteiger partial charge in [-0.25, -0.2) is 4.98 Å². The first-order chi connectivity index (χ1) is 13.1. The van der Waals surface area contributed by atoms with Gasteiger partial charge in [0.15, 0.2) is 0 Å². The van der Waals surface area contributed by atoms with Crippen LogP contribution >= 0.6 is 11.6 Å². The fraction of sp³-hybridized carbons (Fsp3) is 0.368. The normalized spacial score (nSPS) is 22.2. The Bertz CT molecular complexity index is 1060. The van der Waals surface area contributed by atoms with Crippen molar-refractivity contribution >= 4 is 33.5 Å². The number of methoxy groups -OCH3 is 1. The summed E-state index contributed by atoms with van der Waals surface area (Å²) >= 11 is 6.29. The van der Waals surface area contributed by atoms with E-state index in [1.807, 2.05) is 42.5 Å². The highest BCUT2D eigenvalue weighted by molar-refractivity contribution is 6.31. The van der Waals surface area contributed by atoms with Crippen molar-refractivity contribution in [2.45, 2.75) is 38.5 Å². The fourth-order valence-corrected chi connectivity index (χ4v) is 4.11. The number of benzene rings is 1. The number of hydrazine groups is 2. The molecule has 0 bridgehead atoms. The smallest absolute Gasteiger partial charge is 0.131 e. The van der Waals surface area contributed by atoms with Crippen LogP contribution in [0.1, 0.15) is 31.6 Å². The molecule has 3 aromatic rings. The molecule has 0 spiro atoms. The molecule has 1 aliphatic heterocycles. The van der Waals surface area contributed by atoms with Crippen molar-refractivity contribution < 1.29 is 4.74 Å².